The van der Waals surface area contributed by atoms with Gasteiger partial charge >= 0.3 is 18.3 Å². The van der Waals surface area contributed by atoms with Crippen LogP contribution in [-0.2, 0) is 22.4 Å². The highest BCUT2D eigenvalue weighted by molar-refractivity contribution is 7.92. The first kappa shape index (κ1) is 22.5. The summed E-state index contributed by atoms with van der Waals surface area (Å²) in [6, 6.07) is 3.03. The fourth-order valence-electron chi connectivity index (χ4n) is 2.56. The number of hydrogen-bond donors (Lipinski definition) is 2. The van der Waals surface area contributed by atoms with Gasteiger partial charge in [0.1, 0.15) is 0 Å². The Balaban J connectivity index is 2.62. The summed E-state index contributed by atoms with van der Waals surface area (Å²) < 4.78 is 105. The van der Waals surface area contributed by atoms with Crippen LogP contribution in [0, 0.1) is 13.8 Å². The standard InChI is InChI=1S/C17H13F6NO4S/c1-8-5-10(15(25)26)3-4-14(8)29(27,28)24-13-7-11(16(18,19)20)6-12(9(13)2)17(21,22)23/h3-7,24H,1-2H3,(H,25,26). The number of rotatable bonds is 4. The largest absolute Gasteiger partial charge is 0.478 e. The van der Waals surface area contributed by atoms with Crippen LogP contribution in [0.4, 0.5) is 32.0 Å². The van der Waals surface area contributed by atoms with Gasteiger partial charge in [-0.15, -0.1) is 0 Å². The molecule has 0 aliphatic heterocycles. The maximum absolute atomic E-state index is 13.1. The van der Waals surface area contributed by atoms with Crippen LogP contribution < -0.4 is 4.72 Å². The molecule has 158 valence electrons. The first-order valence-electron chi connectivity index (χ1n) is 7.70. The van der Waals surface area contributed by atoms with Crippen LogP contribution in [0.3, 0.4) is 0 Å². The van der Waals surface area contributed by atoms with Crippen molar-refractivity contribution in [2.45, 2.75) is 31.1 Å². The highest BCUT2D eigenvalue weighted by Gasteiger charge is 2.39. The van der Waals surface area contributed by atoms with Crippen LogP contribution in [0.5, 0.6) is 0 Å². The summed E-state index contributed by atoms with van der Waals surface area (Å²) in [5.74, 6) is -1.34. The van der Waals surface area contributed by atoms with Crippen LogP contribution in [0.2, 0.25) is 0 Å². The Morgan fingerprint density at radius 2 is 1.55 bits per heavy atom. The lowest BCUT2D eigenvalue weighted by atomic mass is 10.0. The second-order valence-electron chi connectivity index (χ2n) is 6.08. The molecule has 2 rings (SSSR count). The van der Waals surface area contributed by atoms with Crippen LogP contribution >= 0.6 is 0 Å². The lowest BCUT2D eigenvalue weighted by Gasteiger charge is -2.19. The second-order valence-corrected chi connectivity index (χ2v) is 7.73. The van der Waals surface area contributed by atoms with E-state index in [-0.39, 0.29) is 23.3 Å². The fourth-order valence-corrected chi connectivity index (χ4v) is 3.90. The number of carbonyl (C=O) groups is 1. The van der Waals surface area contributed by atoms with Crippen LogP contribution in [0.1, 0.15) is 32.6 Å². The maximum atomic E-state index is 13.1. The Morgan fingerprint density at radius 3 is 2.00 bits per heavy atom. The van der Waals surface area contributed by atoms with Gasteiger partial charge in [-0.3, -0.25) is 4.72 Å². The zero-order valence-corrected chi connectivity index (χ0v) is 15.6. The Morgan fingerprint density at radius 1 is 0.966 bits per heavy atom. The van der Waals surface area contributed by atoms with Crippen molar-refractivity contribution in [1.29, 1.82) is 0 Å². The maximum Gasteiger partial charge on any atom is 0.416 e. The first-order chi connectivity index (χ1) is 13.0. The number of benzene rings is 2. The lowest BCUT2D eigenvalue weighted by molar-refractivity contribution is -0.143. The summed E-state index contributed by atoms with van der Waals surface area (Å²) in [6.45, 7) is 2.07. The zero-order valence-electron chi connectivity index (χ0n) is 14.7. The molecule has 0 amide bonds. The van der Waals surface area contributed by atoms with E-state index in [0.29, 0.717) is 0 Å². The number of carboxylic acids is 1. The summed E-state index contributed by atoms with van der Waals surface area (Å²) in [4.78, 5) is 10.4. The van der Waals surface area contributed by atoms with Crippen molar-refractivity contribution < 1.29 is 44.7 Å². The quantitative estimate of drug-likeness (QED) is 0.666. The molecule has 2 N–H and O–H groups in total. The van der Waals surface area contributed by atoms with E-state index in [0.717, 1.165) is 25.1 Å². The summed E-state index contributed by atoms with van der Waals surface area (Å²) in [5, 5.41) is 8.91. The lowest BCUT2D eigenvalue weighted by Crippen LogP contribution is -2.19. The van der Waals surface area contributed by atoms with Crippen molar-refractivity contribution in [3.63, 3.8) is 0 Å². The van der Waals surface area contributed by atoms with Crippen molar-refractivity contribution in [2.75, 3.05) is 4.72 Å². The van der Waals surface area contributed by atoms with E-state index in [1.807, 2.05) is 0 Å². The van der Waals surface area contributed by atoms with E-state index < -0.39 is 55.6 Å². The van der Waals surface area contributed by atoms with E-state index in [1.54, 1.807) is 4.72 Å². The number of nitrogens with one attached hydrogen (secondary N) is 1. The van der Waals surface area contributed by atoms with Gasteiger partial charge < -0.3 is 5.11 Å². The fraction of sp³-hybridized carbons (Fsp3) is 0.235. The van der Waals surface area contributed by atoms with Gasteiger partial charge in [0.25, 0.3) is 10.0 Å². The minimum Gasteiger partial charge on any atom is -0.478 e. The summed E-state index contributed by atoms with van der Waals surface area (Å²) >= 11 is 0. The van der Waals surface area contributed by atoms with Crippen LogP contribution in [0.15, 0.2) is 35.2 Å². The molecule has 29 heavy (non-hydrogen) atoms. The summed E-state index contributed by atoms with van der Waals surface area (Å²) in [5.41, 5.74) is -5.24. The number of halogens is 6. The molecule has 0 radical (unpaired) electrons. The molecule has 12 heteroatoms. The predicted molar refractivity (Wildman–Crippen MR) is 90.1 cm³/mol. The van der Waals surface area contributed by atoms with Gasteiger partial charge in [-0.25, -0.2) is 13.2 Å². The third-order valence-corrected chi connectivity index (χ3v) is 5.52. The number of sulfonamides is 1. The van der Waals surface area contributed by atoms with Gasteiger partial charge in [0.05, 0.1) is 27.3 Å². The van der Waals surface area contributed by atoms with E-state index in [2.05, 4.69) is 0 Å². The number of alkyl halides is 6. The number of aromatic carboxylic acids is 1. The molecule has 0 saturated carbocycles. The number of hydrogen-bond acceptors (Lipinski definition) is 3. The molecule has 0 unspecified atom stereocenters. The Labute approximate surface area is 161 Å². The molecule has 0 saturated heterocycles. The predicted octanol–water partition coefficient (Wildman–Crippen LogP) is 4.84. The molecule has 0 fully saturated rings. The summed E-state index contributed by atoms with van der Waals surface area (Å²) in [7, 11) is -4.61. The molecule has 0 aromatic heterocycles. The highest BCUT2D eigenvalue weighted by Crippen LogP contribution is 2.40. The SMILES string of the molecule is Cc1cc(C(=O)O)ccc1S(=O)(=O)Nc1cc(C(F)(F)F)cc(C(F)(F)F)c1C. The minimum atomic E-state index is -5.15. The molecule has 0 atom stereocenters. The number of aryl methyl sites for hydroxylation is 1. The van der Waals surface area contributed by atoms with E-state index in [9.17, 15) is 39.6 Å². The Hall–Kier alpha value is -2.76. The smallest absolute Gasteiger partial charge is 0.416 e. The average Bonchev–Trinajstić information content (AvgIpc) is 2.53. The monoisotopic (exact) mass is 441 g/mol. The number of anilines is 1. The number of carboxylic acid groups (broad SMARTS) is 1. The highest BCUT2D eigenvalue weighted by atomic mass is 32.2. The van der Waals surface area contributed by atoms with Gasteiger partial charge in [-0.2, -0.15) is 26.3 Å². The molecule has 0 spiro atoms. The van der Waals surface area contributed by atoms with Crippen molar-refractivity contribution in [3.8, 4) is 0 Å². The van der Waals surface area contributed by atoms with Gasteiger partial charge in [0.2, 0.25) is 0 Å². The van der Waals surface area contributed by atoms with Gasteiger partial charge in [-0.05, 0) is 55.3 Å². The molecule has 0 aliphatic rings. The molecule has 2 aromatic rings. The van der Waals surface area contributed by atoms with Crippen LogP contribution in [0.25, 0.3) is 0 Å². The van der Waals surface area contributed by atoms with Gasteiger partial charge in [0, 0.05) is 0 Å². The van der Waals surface area contributed by atoms with Crippen LogP contribution in [-0.4, -0.2) is 19.5 Å². The molecule has 0 heterocycles. The molecule has 0 bridgehead atoms. The average molecular weight is 441 g/mol. The third-order valence-electron chi connectivity index (χ3n) is 4.00. The van der Waals surface area contributed by atoms with E-state index in [4.69, 9.17) is 5.11 Å². The van der Waals surface area contributed by atoms with Crippen molar-refractivity contribution in [3.05, 3.63) is 58.1 Å². The normalized spacial score (nSPS) is 12.7. The van der Waals surface area contributed by atoms with E-state index >= 15 is 0 Å². The molecule has 2 aromatic carbocycles. The summed E-state index contributed by atoms with van der Waals surface area (Å²) in [6.07, 6.45) is -10.3. The Bertz CT molecular complexity index is 1070. The zero-order chi connectivity index (χ0) is 22.4. The Kier molecular flexibility index (Phi) is 5.63. The van der Waals surface area contributed by atoms with E-state index in [1.165, 1.54) is 6.92 Å². The first-order valence-corrected chi connectivity index (χ1v) is 9.18. The third kappa shape index (κ3) is 4.81. The van der Waals surface area contributed by atoms with Crippen molar-refractivity contribution in [2.24, 2.45) is 0 Å². The van der Waals surface area contributed by atoms with Crippen molar-refractivity contribution >= 4 is 21.7 Å². The molecular formula is C17H13F6NO4S. The van der Waals surface area contributed by atoms with Gasteiger partial charge in [-0.1, -0.05) is 0 Å². The molecule has 5 nitrogen and oxygen atoms in total. The molecular weight excluding hydrogens is 428 g/mol. The second kappa shape index (κ2) is 7.25. The minimum absolute atomic E-state index is 0.0573. The topological polar surface area (TPSA) is 83.5 Å². The molecule has 0 aliphatic carbocycles. The van der Waals surface area contributed by atoms with Crippen molar-refractivity contribution in [1.82, 2.24) is 0 Å². The van der Waals surface area contributed by atoms with Gasteiger partial charge in [0.15, 0.2) is 0 Å².